The van der Waals surface area contributed by atoms with E-state index in [2.05, 4.69) is 10.6 Å². The van der Waals surface area contributed by atoms with Crippen LogP contribution in [0.3, 0.4) is 0 Å². The Morgan fingerprint density at radius 1 is 1.35 bits per heavy atom. The summed E-state index contributed by atoms with van der Waals surface area (Å²) in [5.41, 5.74) is 0. The monoisotopic (exact) mass is 284 g/mol. The maximum atomic E-state index is 12.0. The SMILES string of the molecule is COCCC(C)NC(=O)NC1C2CCC(C2)C1C(=O)O. The molecule has 0 heterocycles. The average molecular weight is 284 g/mol. The van der Waals surface area contributed by atoms with E-state index in [-0.39, 0.29) is 24.0 Å². The zero-order chi connectivity index (χ0) is 14.7. The molecule has 114 valence electrons. The van der Waals surface area contributed by atoms with Gasteiger partial charge in [0, 0.05) is 25.8 Å². The highest BCUT2D eigenvalue weighted by atomic mass is 16.5. The first-order chi connectivity index (χ1) is 9.52. The van der Waals surface area contributed by atoms with Gasteiger partial charge < -0.3 is 20.5 Å². The van der Waals surface area contributed by atoms with E-state index in [0.717, 1.165) is 25.7 Å². The molecule has 0 saturated heterocycles. The standard InChI is InChI=1S/C14H24N2O4/c1-8(5-6-20-2)15-14(19)16-12-10-4-3-9(7-10)11(12)13(17)18/h8-12H,3-7H2,1-2H3,(H,17,18)(H2,15,16,19). The van der Waals surface area contributed by atoms with Crippen LogP contribution >= 0.6 is 0 Å². The Hall–Kier alpha value is -1.30. The van der Waals surface area contributed by atoms with Gasteiger partial charge in [-0.25, -0.2) is 4.79 Å². The van der Waals surface area contributed by atoms with Gasteiger partial charge in [0.1, 0.15) is 0 Å². The van der Waals surface area contributed by atoms with E-state index < -0.39 is 11.9 Å². The number of methoxy groups -OCH3 is 1. The summed E-state index contributed by atoms with van der Waals surface area (Å²) in [5.74, 6) is -0.654. The lowest BCUT2D eigenvalue weighted by Gasteiger charge is -2.29. The molecule has 0 radical (unpaired) electrons. The van der Waals surface area contributed by atoms with Crippen LogP contribution in [0, 0.1) is 17.8 Å². The molecule has 2 amide bonds. The summed E-state index contributed by atoms with van der Waals surface area (Å²) in [7, 11) is 1.62. The van der Waals surface area contributed by atoms with Gasteiger partial charge in [-0.2, -0.15) is 0 Å². The van der Waals surface area contributed by atoms with Gasteiger partial charge in [-0.3, -0.25) is 4.79 Å². The second-order valence-corrected chi connectivity index (χ2v) is 6.02. The highest BCUT2D eigenvalue weighted by Gasteiger charge is 2.51. The van der Waals surface area contributed by atoms with Crippen molar-refractivity contribution in [2.75, 3.05) is 13.7 Å². The molecule has 2 rings (SSSR count). The Kier molecular flexibility index (Phi) is 4.86. The van der Waals surface area contributed by atoms with Crippen LogP contribution in [0.2, 0.25) is 0 Å². The first-order valence-electron chi connectivity index (χ1n) is 7.31. The molecule has 0 spiro atoms. The number of fused-ring (bicyclic) bond motifs is 2. The summed E-state index contributed by atoms with van der Waals surface area (Å²) in [5, 5.41) is 15.0. The number of carbonyl (C=O) groups is 2. The molecule has 0 aromatic rings. The molecule has 6 heteroatoms. The first kappa shape index (κ1) is 15.1. The molecular formula is C14H24N2O4. The molecular weight excluding hydrogens is 260 g/mol. The van der Waals surface area contributed by atoms with Crippen LogP contribution < -0.4 is 10.6 Å². The number of carboxylic acid groups (broad SMARTS) is 1. The van der Waals surface area contributed by atoms with E-state index in [1.54, 1.807) is 7.11 Å². The fraction of sp³-hybridized carbons (Fsp3) is 0.857. The molecule has 6 nitrogen and oxygen atoms in total. The van der Waals surface area contributed by atoms with Crippen molar-refractivity contribution in [1.29, 1.82) is 0 Å². The van der Waals surface area contributed by atoms with Crippen molar-refractivity contribution >= 4 is 12.0 Å². The van der Waals surface area contributed by atoms with Crippen LogP contribution in [0.4, 0.5) is 4.79 Å². The van der Waals surface area contributed by atoms with Crippen LogP contribution in [-0.4, -0.2) is 42.9 Å². The highest BCUT2D eigenvalue weighted by molar-refractivity contribution is 5.77. The fourth-order valence-corrected chi connectivity index (χ4v) is 3.64. The van der Waals surface area contributed by atoms with Gasteiger partial charge in [0.15, 0.2) is 0 Å². The molecule has 2 saturated carbocycles. The number of ether oxygens (including phenoxy) is 1. The number of carboxylic acids is 1. The van der Waals surface area contributed by atoms with E-state index in [4.69, 9.17) is 4.74 Å². The molecule has 0 aliphatic heterocycles. The Balaban J connectivity index is 1.85. The molecule has 2 bridgehead atoms. The van der Waals surface area contributed by atoms with Gasteiger partial charge in [0.25, 0.3) is 0 Å². The predicted octanol–water partition coefficient (Wildman–Crippen LogP) is 1.21. The predicted molar refractivity (Wildman–Crippen MR) is 73.4 cm³/mol. The summed E-state index contributed by atoms with van der Waals surface area (Å²) in [6, 6.07) is -0.477. The molecule has 20 heavy (non-hydrogen) atoms. The lowest BCUT2D eigenvalue weighted by atomic mass is 9.84. The van der Waals surface area contributed by atoms with Crippen LogP contribution in [0.25, 0.3) is 0 Å². The molecule has 5 atom stereocenters. The largest absolute Gasteiger partial charge is 0.481 e. The molecule has 2 aliphatic rings. The van der Waals surface area contributed by atoms with Gasteiger partial charge in [-0.15, -0.1) is 0 Å². The quantitative estimate of drug-likeness (QED) is 0.684. The zero-order valence-electron chi connectivity index (χ0n) is 12.1. The van der Waals surface area contributed by atoms with Crippen molar-refractivity contribution in [1.82, 2.24) is 10.6 Å². The maximum Gasteiger partial charge on any atom is 0.315 e. The minimum Gasteiger partial charge on any atom is -0.481 e. The molecule has 2 fully saturated rings. The van der Waals surface area contributed by atoms with Crippen molar-refractivity contribution < 1.29 is 19.4 Å². The number of carbonyl (C=O) groups excluding carboxylic acids is 1. The topological polar surface area (TPSA) is 87.7 Å². The molecule has 5 unspecified atom stereocenters. The van der Waals surface area contributed by atoms with Crippen LogP contribution in [-0.2, 0) is 9.53 Å². The van der Waals surface area contributed by atoms with Crippen molar-refractivity contribution in [2.24, 2.45) is 17.8 Å². The fourth-order valence-electron chi connectivity index (χ4n) is 3.64. The third-order valence-electron chi connectivity index (χ3n) is 4.63. The number of nitrogens with one attached hydrogen (secondary N) is 2. The summed E-state index contributed by atoms with van der Waals surface area (Å²) in [4.78, 5) is 23.3. The second-order valence-electron chi connectivity index (χ2n) is 6.02. The number of rotatable bonds is 6. The summed E-state index contributed by atoms with van der Waals surface area (Å²) in [6.07, 6.45) is 3.68. The number of hydrogen-bond donors (Lipinski definition) is 3. The van der Waals surface area contributed by atoms with E-state index in [1.165, 1.54) is 0 Å². The van der Waals surface area contributed by atoms with Gasteiger partial charge >= 0.3 is 12.0 Å². The normalized spacial score (nSPS) is 32.9. The summed E-state index contributed by atoms with van der Waals surface area (Å²) in [6.45, 7) is 2.50. The minimum atomic E-state index is -0.782. The number of hydrogen-bond acceptors (Lipinski definition) is 3. The third kappa shape index (κ3) is 3.23. The van der Waals surface area contributed by atoms with Crippen molar-refractivity contribution in [3.05, 3.63) is 0 Å². The first-order valence-corrected chi connectivity index (χ1v) is 7.31. The zero-order valence-corrected chi connectivity index (χ0v) is 12.1. The average Bonchev–Trinajstić information content (AvgIpc) is 2.96. The number of amides is 2. The van der Waals surface area contributed by atoms with Crippen molar-refractivity contribution in [3.63, 3.8) is 0 Å². The van der Waals surface area contributed by atoms with Gasteiger partial charge in [-0.05, 0) is 44.4 Å². The molecule has 0 aromatic carbocycles. The van der Waals surface area contributed by atoms with Gasteiger partial charge in [0.05, 0.1) is 5.92 Å². The van der Waals surface area contributed by atoms with Crippen molar-refractivity contribution in [3.8, 4) is 0 Å². The third-order valence-corrected chi connectivity index (χ3v) is 4.63. The summed E-state index contributed by atoms with van der Waals surface area (Å²) < 4.78 is 4.97. The number of aliphatic carboxylic acids is 1. The Morgan fingerprint density at radius 2 is 2.05 bits per heavy atom. The molecule has 2 aliphatic carbocycles. The highest BCUT2D eigenvalue weighted by Crippen LogP contribution is 2.48. The molecule has 0 aromatic heterocycles. The Bertz CT molecular complexity index is 374. The smallest absolute Gasteiger partial charge is 0.315 e. The second kappa shape index (κ2) is 6.43. The minimum absolute atomic E-state index is 0.0109. The van der Waals surface area contributed by atoms with E-state index in [9.17, 15) is 14.7 Å². The van der Waals surface area contributed by atoms with Gasteiger partial charge in [0.2, 0.25) is 0 Å². The lowest BCUT2D eigenvalue weighted by Crippen LogP contribution is -2.51. The van der Waals surface area contributed by atoms with Crippen LogP contribution in [0.5, 0.6) is 0 Å². The van der Waals surface area contributed by atoms with Gasteiger partial charge in [-0.1, -0.05) is 0 Å². The van der Waals surface area contributed by atoms with Crippen LogP contribution in [0.1, 0.15) is 32.6 Å². The summed E-state index contributed by atoms with van der Waals surface area (Å²) >= 11 is 0. The lowest BCUT2D eigenvalue weighted by molar-refractivity contribution is -0.144. The van der Waals surface area contributed by atoms with E-state index in [1.807, 2.05) is 6.92 Å². The molecule has 3 N–H and O–H groups in total. The Labute approximate surface area is 119 Å². The Morgan fingerprint density at radius 3 is 2.70 bits per heavy atom. The van der Waals surface area contributed by atoms with Crippen molar-refractivity contribution in [2.45, 2.75) is 44.7 Å². The maximum absolute atomic E-state index is 12.0. The number of urea groups is 1. The van der Waals surface area contributed by atoms with Crippen LogP contribution in [0.15, 0.2) is 0 Å². The van der Waals surface area contributed by atoms with E-state index >= 15 is 0 Å². The van der Waals surface area contributed by atoms with E-state index in [0.29, 0.717) is 12.5 Å².